The van der Waals surface area contributed by atoms with E-state index in [0.29, 0.717) is 12.0 Å². The van der Waals surface area contributed by atoms with Crippen LogP contribution in [0.25, 0.3) is 0 Å². The minimum Gasteiger partial charge on any atom is -0.508 e. The van der Waals surface area contributed by atoms with Gasteiger partial charge in [0.15, 0.2) is 0 Å². The normalized spacial score (nSPS) is 10.3. The average molecular weight is 222 g/mol. The van der Waals surface area contributed by atoms with Crippen molar-refractivity contribution < 1.29 is 15.0 Å². The van der Waals surface area contributed by atoms with Gasteiger partial charge in [-0.25, -0.2) is 0 Å². The summed E-state index contributed by atoms with van der Waals surface area (Å²) in [5.74, 6) is 0.255. The first kappa shape index (κ1) is 12.6. The van der Waals surface area contributed by atoms with Crippen LogP contribution in [0.3, 0.4) is 0 Å². The third-order valence-electron chi connectivity index (χ3n) is 2.51. The number of hydrogen-bond acceptors (Lipinski definition) is 3. The predicted octanol–water partition coefficient (Wildman–Crippen LogP) is 2.79. The van der Waals surface area contributed by atoms with Crippen molar-refractivity contribution in [3.63, 3.8) is 0 Å². The van der Waals surface area contributed by atoms with Crippen molar-refractivity contribution in [2.75, 3.05) is 0 Å². The molecule has 1 aromatic rings. The van der Waals surface area contributed by atoms with Crippen LogP contribution < -0.4 is 0 Å². The molecule has 0 aliphatic carbocycles. The summed E-state index contributed by atoms with van der Waals surface area (Å²) in [4.78, 5) is 11.6. The number of rotatable bonds is 6. The van der Waals surface area contributed by atoms with E-state index in [2.05, 4.69) is 6.92 Å². The lowest BCUT2D eigenvalue weighted by Crippen LogP contribution is -2.02. The largest absolute Gasteiger partial charge is 0.508 e. The second-order valence-electron chi connectivity index (χ2n) is 3.99. The Morgan fingerprint density at radius 1 is 1.25 bits per heavy atom. The second kappa shape index (κ2) is 6.16. The molecule has 0 unspecified atom stereocenters. The van der Waals surface area contributed by atoms with E-state index in [0.717, 1.165) is 19.3 Å². The van der Waals surface area contributed by atoms with Gasteiger partial charge in [0.1, 0.15) is 17.3 Å². The Kier molecular flexibility index (Phi) is 4.83. The van der Waals surface area contributed by atoms with Gasteiger partial charge >= 0.3 is 0 Å². The number of hydrogen-bond donors (Lipinski definition) is 2. The Morgan fingerprint density at radius 3 is 2.69 bits per heavy atom. The molecule has 0 aliphatic heterocycles. The monoisotopic (exact) mass is 222 g/mol. The van der Waals surface area contributed by atoms with E-state index in [1.165, 1.54) is 18.2 Å². The molecule has 0 atom stereocenters. The van der Waals surface area contributed by atoms with Crippen LogP contribution in [0.15, 0.2) is 18.2 Å². The van der Waals surface area contributed by atoms with Crippen LogP contribution in [0.1, 0.15) is 38.2 Å². The van der Waals surface area contributed by atoms with Gasteiger partial charge in [-0.2, -0.15) is 0 Å². The molecule has 16 heavy (non-hydrogen) atoms. The highest BCUT2D eigenvalue weighted by atomic mass is 16.3. The van der Waals surface area contributed by atoms with E-state index >= 15 is 0 Å². The van der Waals surface area contributed by atoms with Gasteiger partial charge < -0.3 is 10.2 Å². The molecule has 0 fully saturated rings. The van der Waals surface area contributed by atoms with Crippen LogP contribution in [0.4, 0.5) is 0 Å². The molecule has 0 saturated carbocycles. The molecule has 0 amide bonds. The van der Waals surface area contributed by atoms with Crippen LogP contribution >= 0.6 is 0 Å². The van der Waals surface area contributed by atoms with Crippen molar-refractivity contribution in [2.45, 2.75) is 39.0 Å². The third kappa shape index (κ3) is 3.93. The Balaban J connectivity index is 2.52. The van der Waals surface area contributed by atoms with Gasteiger partial charge in [-0.3, -0.25) is 4.79 Å². The fraction of sp³-hybridized carbons (Fsp3) is 0.462. The number of unbranched alkanes of at least 4 members (excludes halogenated alkanes) is 2. The van der Waals surface area contributed by atoms with Crippen LogP contribution in [-0.2, 0) is 11.2 Å². The molecule has 3 heteroatoms. The number of carbonyl (C=O) groups excluding carboxylic acids is 1. The summed E-state index contributed by atoms with van der Waals surface area (Å²) in [6.07, 6.45) is 3.78. The maximum atomic E-state index is 11.6. The zero-order valence-corrected chi connectivity index (χ0v) is 9.57. The Hall–Kier alpha value is -1.51. The molecule has 1 aromatic carbocycles. The van der Waals surface area contributed by atoms with E-state index in [1.54, 1.807) is 0 Å². The fourth-order valence-electron chi connectivity index (χ4n) is 1.59. The number of ketones is 1. The van der Waals surface area contributed by atoms with Gasteiger partial charge in [-0.05, 0) is 24.6 Å². The molecular weight excluding hydrogens is 204 g/mol. The van der Waals surface area contributed by atoms with Crippen molar-refractivity contribution in [1.29, 1.82) is 0 Å². The zero-order valence-electron chi connectivity index (χ0n) is 9.57. The molecule has 0 saturated heterocycles. The SMILES string of the molecule is CCCCCC(=O)Cc1cc(O)ccc1O. The van der Waals surface area contributed by atoms with Crippen LogP contribution in [0.2, 0.25) is 0 Å². The lowest BCUT2D eigenvalue weighted by molar-refractivity contribution is -0.118. The topological polar surface area (TPSA) is 57.5 Å². The van der Waals surface area contributed by atoms with Gasteiger partial charge in [0.2, 0.25) is 0 Å². The molecule has 0 radical (unpaired) electrons. The van der Waals surface area contributed by atoms with E-state index in [1.807, 2.05) is 0 Å². The summed E-state index contributed by atoms with van der Waals surface area (Å²) < 4.78 is 0. The Labute approximate surface area is 95.7 Å². The van der Waals surface area contributed by atoms with E-state index in [9.17, 15) is 15.0 Å². The molecule has 0 aliphatic rings. The van der Waals surface area contributed by atoms with E-state index in [-0.39, 0.29) is 23.7 Å². The Morgan fingerprint density at radius 2 is 2.00 bits per heavy atom. The highest BCUT2D eigenvalue weighted by molar-refractivity contribution is 5.81. The molecule has 0 aromatic heterocycles. The summed E-state index contributed by atoms with van der Waals surface area (Å²) in [6, 6.07) is 4.25. The standard InChI is InChI=1S/C13H18O3/c1-2-3-4-5-11(14)8-10-9-12(15)6-7-13(10)16/h6-7,9,15-16H,2-5,8H2,1H3. The summed E-state index contributed by atoms with van der Waals surface area (Å²) in [5.41, 5.74) is 0.501. The lowest BCUT2D eigenvalue weighted by atomic mass is 10.0. The van der Waals surface area contributed by atoms with Crippen LogP contribution in [-0.4, -0.2) is 16.0 Å². The summed E-state index contributed by atoms with van der Waals surface area (Å²) >= 11 is 0. The van der Waals surface area contributed by atoms with Gasteiger partial charge in [-0.15, -0.1) is 0 Å². The molecule has 0 spiro atoms. The number of phenolic OH excluding ortho intramolecular Hbond substituents is 2. The first-order chi connectivity index (χ1) is 7.63. The van der Waals surface area contributed by atoms with Crippen molar-refractivity contribution in [3.05, 3.63) is 23.8 Å². The molecule has 2 N–H and O–H groups in total. The van der Waals surface area contributed by atoms with Crippen molar-refractivity contribution >= 4 is 5.78 Å². The fourth-order valence-corrected chi connectivity index (χ4v) is 1.59. The zero-order chi connectivity index (χ0) is 12.0. The molecule has 1 rings (SSSR count). The average Bonchev–Trinajstić information content (AvgIpc) is 2.24. The van der Waals surface area contributed by atoms with Crippen molar-refractivity contribution in [2.24, 2.45) is 0 Å². The molecular formula is C13H18O3. The summed E-state index contributed by atoms with van der Waals surface area (Å²) in [6.45, 7) is 2.09. The number of benzene rings is 1. The highest BCUT2D eigenvalue weighted by Crippen LogP contribution is 2.23. The maximum Gasteiger partial charge on any atom is 0.137 e. The number of carbonyl (C=O) groups is 1. The predicted molar refractivity (Wildman–Crippen MR) is 62.6 cm³/mol. The van der Waals surface area contributed by atoms with E-state index < -0.39 is 0 Å². The molecule has 88 valence electrons. The number of Topliss-reactive ketones (excluding diaryl/α,β-unsaturated/α-hetero) is 1. The van der Waals surface area contributed by atoms with Gasteiger partial charge in [0.05, 0.1) is 0 Å². The molecule has 0 bridgehead atoms. The number of aromatic hydroxyl groups is 2. The lowest BCUT2D eigenvalue weighted by Gasteiger charge is -2.04. The Bertz CT molecular complexity index is 358. The van der Waals surface area contributed by atoms with Gasteiger partial charge in [0, 0.05) is 18.4 Å². The highest BCUT2D eigenvalue weighted by Gasteiger charge is 2.08. The van der Waals surface area contributed by atoms with Crippen LogP contribution in [0, 0.1) is 0 Å². The number of phenols is 2. The third-order valence-corrected chi connectivity index (χ3v) is 2.51. The van der Waals surface area contributed by atoms with E-state index in [4.69, 9.17) is 0 Å². The van der Waals surface area contributed by atoms with Crippen molar-refractivity contribution in [3.8, 4) is 11.5 Å². The maximum absolute atomic E-state index is 11.6. The summed E-state index contributed by atoms with van der Waals surface area (Å²) in [5, 5.41) is 18.7. The quantitative estimate of drug-likeness (QED) is 0.574. The van der Waals surface area contributed by atoms with Crippen molar-refractivity contribution in [1.82, 2.24) is 0 Å². The van der Waals surface area contributed by atoms with Gasteiger partial charge in [0.25, 0.3) is 0 Å². The van der Waals surface area contributed by atoms with Crippen LogP contribution in [0.5, 0.6) is 11.5 Å². The second-order valence-corrected chi connectivity index (χ2v) is 3.99. The minimum absolute atomic E-state index is 0.0710. The minimum atomic E-state index is 0.0710. The smallest absolute Gasteiger partial charge is 0.137 e. The first-order valence-electron chi connectivity index (χ1n) is 5.66. The molecule has 0 heterocycles. The first-order valence-corrected chi connectivity index (χ1v) is 5.66. The van der Waals surface area contributed by atoms with Gasteiger partial charge in [-0.1, -0.05) is 19.8 Å². The summed E-state index contributed by atoms with van der Waals surface area (Å²) in [7, 11) is 0. The molecule has 3 nitrogen and oxygen atoms in total.